The van der Waals surface area contributed by atoms with Gasteiger partial charge in [-0.1, -0.05) is 0 Å². The van der Waals surface area contributed by atoms with E-state index in [-0.39, 0.29) is 6.29 Å². The van der Waals surface area contributed by atoms with Crippen LogP contribution in [0.1, 0.15) is 20.8 Å². The Hall–Kier alpha value is -0.160. The van der Waals surface area contributed by atoms with E-state index in [4.69, 9.17) is 9.47 Å². The molecular weight excluding hydrogens is 172 g/mol. The van der Waals surface area contributed by atoms with Crippen LogP contribution in [0.3, 0.4) is 0 Å². The van der Waals surface area contributed by atoms with E-state index >= 15 is 0 Å². The third-order valence-corrected chi connectivity index (χ3v) is 1.04. The van der Waals surface area contributed by atoms with Gasteiger partial charge in [0.1, 0.15) is 6.79 Å². The molecule has 0 saturated heterocycles. The van der Waals surface area contributed by atoms with Crippen molar-refractivity contribution >= 4 is 0 Å². The first kappa shape index (κ1) is 15.3. The maximum absolute atomic E-state index is 5.06. The first-order valence-electron chi connectivity index (χ1n) is 4.43. The summed E-state index contributed by atoms with van der Waals surface area (Å²) in [7, 11) is 3.17. The molecule has 0 fully saturated rings. The number of ether oxygens (including phenoxy) is 4. The predicted octanol–water partition coefficient (Wildman–Crippen LogP) is 1.64. The summed E-state index contributed by atoms with van der Waals surface area (Å²) in [5.41, 5.74) is 0. The molecule has 0 unspecified atom stereocenters. The van der Waals surface area contributed by atoms with Crippen molar-refractivity contribution in [2.24, 2.45) is 0 Å². The SMILES string of the molecule is CCOC(C)OCC.COCOC. The Labute approximate surface area is 81.1 Å². The summed E-state index contributed by atoms with van der Waals surface area (Å²) in [6.45, 7) is 7.64. The zero-order valence-electron chi connectivity index (χ0n) is 9.33. The second-order valence-electron chi connectivity index (χ2n) is 2.17. The van der Waals surface area contributed by atoms with Gasteiger partial charge in [-0.2, -0.15) is 0 Å². The van der Waals surface area contributed by atoms with Gasteiger partial charge in [-0.25, -0.2) is 0 Å². The molecule has 0 aliphatic heterocycles. The Bertz CT molecular complexity index is 70.0. The Balaban J connectivity index is 0. The van der Waals surface area contributed by atoms with Crippen molar-refractivity contribution in [3.63, 3.8) is 0 Å². The maximum atomic E-state index is 5.06. The molecule has 0 rings (SSSR count). The fourth-order valence-corrected chi connectivity index (χ4v) is 0.635. The highest BCUT2D eigenvalue weighted by molar-refractivity contribution is 4.26. The van der Waals surface area contributed by atoms with Crippen molar-refractivity contribution in [3.05, 3.63) is 0 Å². The third kappa shape index (κ3) is 18.7. The molecular formula is C9H22O4. The first-order valence-corrected chi connectivity index (χ1v) is 4.43. The molecule has 82 valence electrons. The van der Waals surface area contributed by atoms with Crippen molar-refractivity contribution in [1.82, 2.24) is 0 Å². The topological polar surface area (TPSA) is 36.9 Å². The fourth-order valence-electron chi connectivity index (χ4n) is 0.635. The molecule has 0 heterocycles. The van der Waals surface area contributed by atoms with Crippen LogP contribution in [0.2, 0.25) is 0 Å². The van der Waals surface area contributed by atoms with E-state index in [0.717, 1.165) is 13.2 Å². The van der Waals surface area contributed by atoms with Gasteiger partial charge in [-0.3, -0.25) is 0 Å². The van der Waals surface area contributed by atoms with Crippen molar-refractivity contribution < 1.29 is 18.9 Å². The van der Waals surface area contributed by atoms with Crippen molar-refractivity contribution in [1.29, 1.82) is 0 Å². The van der Waals surface area contributed by atoms with Crippen LogP contribution in [0.4, 0.5) is 0 Å². The summed E-state index contributed by atoms with van der Waals surface area (Å²) < 4.78 is 19.1. The standard InChI is InChI=1S/C6H14O2.C3H8O2/c1-4-7-6(3)8-5-2;1-4-3-5-2/h6H,4-5H2,1-3H3;3H2,1-2H3. The van der Waals surface area contributed by atoms with Crippen LogP contribution in [0.25, 0.3) is 0 Å². The maximum Gasteiger partial charge on any atom is 0.154 e. The van der Waals surface area contributed by atoms with Crippen molar-refractivity contribution in [2.45, 2.75) is 27.1 Å². The molecule has 0 aromatic carbocycles. The van der Waals surface area contributed by atoms with Gasteiger partial charge < -0.3 is 18.9 Å². The van der Waals surface area contributed by atoms with E-state index in [0.29, 0.717) is 6.79 Å². The molecule has 0 aliphatic rings. The highest BCUT2D eigenvalue weighted by Crippen LogP contribution is 1.90. The molecule has 0 radical (unpaired) electrons. The summed E-state index contributed by atoms with van der Waals surface area (Å²) in [6.07, 6.45) is -0.0370. The minimum Gasteiger partial charge on any atom is -0.359 e. The van der Waals surface area contributed by atoms with Gasteiger partial charge in [-0.05, 0) is 20.8 Å². The largest absolute Gasteiger partial charge is 0.359 e. The van der Waals surface area contributed by atoms with Gasteiger partial charge in [0.05, 0.1) is 0 Å². The molecule has 4 heteroatoms. The quantitative estimate of drug-likeness (QED) is 0.602. The van der Waals surface area contributed by atoms with Gasteiger partial charge in [0.25, 0.3) is 0 Å². The minimum absolute atomic E-state index is 0.0370. The molecule has 0 bridgehead atoms. The van der Waals surface area contributed by atoms with Gasteiger partial charge in [-0.15, -0.1) is 0 Å². The number of hydrogen-bond acceptors (Lipinski definition) is 4. The normalized spacial score (nSPS) is 9.69. The second-order valence-corrected chi connectivity index (χ2v) is 2.17. The lowest BCUT2D eigenvalue weighted by Crippen LogP contribution is -2.11. The summed E-state index contributed by atoms with van der Waals surface area (Å²) >= 11 is 0. The lowest BCUT2D eigenvalue weighted by molar-refractivity contribution is -0.123. The Morgan fingerprint density at radius 3 is 1.46 bits per heavy atom. The number of rotatable bonds is 6. The molecule has 0 aromatic heterocycles. The molecule has 0 atom stereocenters. The van der Waals surface area contributed by atoms with E-state index in [2.05, 4.69) is 9.47 Å². The average molecular weight is 194 g/mol. The molecule has 0 spiro atoms. The molecule has 4 nitrogen and oxygen atoms in total. The Morgan fingerprint density at radius 1 is 0.923 bits per heavy atom. The zero-order chi connectivity index (χ0) is 10.5. The summed E-state index contributed by atoms with van der Waals surface area (Å²) in [4.78, 5) is 0. The Morgan fingerprint density at radius 2 is 1.31 bits per heavy atom. The zero-order valence-corrected chi connectivity index (χ0v) is 9.33. The first-order chi connectivity index (χ1) is 6.22. The Kier molecular flexibility index (Phi) is 16.9. The molecule has 0 saturated carbocycles. The van der Waals surface area contributed by atoms with Gasteiger partial charge in [0.15, 0.2) is 6.29 Å². The van der Waals surface area contributed by atoms with E-state index in [9.17, 15) is 0 Å². The minimum atomic E-state index is -0.0370. The lowest BCUT2D eigenvalue weighted by Gasteiger charge is -2.09. The highest BCUT2D eigenvalue weighted by atomic mass is 16.7. The summed E-state index contributed by atoms with van der Waals surface area (Å²) in [5.74, 6) is 0. The van der Waals surface area contributed by atoms with Gasteiger partial charge in [0.2, 0.25) is 0 Å². The fraction of sp³-hybridized carbons (Fsp3) is 1.00. The molecule has 0 aromatic rings. The monoisotopic (exact) mass is 194 g/mol. The summed E-state index contributed by atoms with van der Waals surface area (Å²) in [6, 6.07) is 0. The van der Waals surface area contributed by atoms with Crippen LogP contribution in [0.5, 0.6) is 0 Å². The van der Waals surface area contributed by atoms with E-state index in [1.165, 1.54) is 0 Å². The van der Waals surface area contributed by atoms with Crippen molar-refractivity contribution in [3.8, 4) is 0 Å². The smallest absolute Gasteiger partial charge is 0.154 e. The summed E-state index contributed by atoms with van der Waals surface area (Å²) in [5, 5.41) is 0. The van der Waals surface area contributed by atoms with Crippen LogP contribution < -0.4 is 0 Å². The van der Waals surface area contributed by atoms with Crippen LogP contribution in [-0.2, 0) is 18.9 Å². The highest BCUT2D eigenvalue weighted by Gasteiger charge is 1.94. The molecule has 0 N–H and O–H groups in total. The van der Waals surface area contributed by atoms with E-state index < -0.39 is 0 Å². The average Bonchev–Trinajstić information content (AvgIpc) is 2.08. The van der Waals surface area contributed by atoms with E-state index in [1.54, 1.807) is 14.2 Å². The molecule has 0 aliphatic carbocycles. The van der Waals surface area contributed by atoms with Gasteiger partial charge in [0, 0.05) is 27.4 Å². The second kappa shape index (κ2) is 14.4. The third-order valence-electron chi connectivity index (χ3n) is 1.04. The van der Waals surface area contributed by atoms with Crippen LogP contribution >= 0.6 is 0 Å². The lowest BCUT2D eigenvalue weighted by atomic mass is 10.7. The van der Waals surface area contributed by atoms with Crippen molar-refractivity contribution in [2.75, 3.05) is 34.2 Å². The molecule has 0 amide bonds. The van der Waals surface area contributed by atoms with E-state index in [1.807, 2.05) is 20.8 Å². The predicted molar refractivity (Wildman–Crippen MR) is 51.6 cm³/mol. The van der Waals surface area contributed by atoms with Gasteiger partial charge >= 0.3 is 0 Å². The molecule has 13 heavy (non-hydrogen) atoms. The number of methoxy groups -OCH3 is 2. The number of hydrogen-bond donors (Lipinski definition) is 0. The van der Waals surface area contributed by atoms with Crippen LogP contribution in [-0.4, -0.2) is 40.5 Å². The van der Waals surface area contributed by atoms with Crippen LogP contribution in [0, 0.1) is 0 Å². The van der Waals surface area contributed by atoms with Crippen LogP contribution in [0.15, 0.2) is 0 Å².